The van der Waals surface area contributed by atoms with E-state index in [9.17, 15) is 10.2 Å². The van der Waals surface area contributed by atoms with Crippen molar-refractivity contribution in [3.05, 3.63) is 28.2 Å². The maximum absolute atomic E-state index is 9.73. The predicted octanol–water partition coefficient (Wildman–Crippen LogP) is 1.33. The van der Waals surface area contributed by atoms with Crippen molar-refractivity contribution in [2.24, 2.45) is 0 Å². The van der Waals surface area contributed by atoms with E-state index in [2.05, 4.69) is 5.32 Å². The third-order valence-electron chi connectivity index (χ3n) is 2.44. The summed E-state index contributed by atoms with van der Waals surface area (Å²) in [4.78, 5) is 0. The average Bonchev–Trinajstić information content (AvgIpc) is 2.38. The molecular formula is C13H19Cl2NO4. The zero-order chi connectivity index (χ0) is 15.0. The maximum atomic E-state index is 9.73. The van der Waals surface area contributed by atoms with Crippen LogP contribution in [0.3, 0.4) is 0 Å². The van der Waals surface area contributed by atoms with Crippen molar-refractivity contribution >= 4 is 23.2 Å². The van der Waals surface area contributed by atoms with Gasteiger partial charge in [-0.15, -0.1) is 0 Å². The Morgan fingerprint density at radius 2 is 1.80 bits per heavy atom. The molecular weight excluding hydrogens is 305 g/mol. The second-order valence-corrected chi connectivity index (χ2v) is 5.15. The molecule has 1 rings (SSSR count). The molecule has 7 heteroatoms. The molecule has 0 spiro atoms. The molecule has 0 aliphatic heterocycles. The van der Waals surface area contributed by atoms with E-state index in [1.807, 2.05) is 0 Å². The summed E-state index contributed by atoms with van der Waals surface area (Å²) in [7, 11) is 1.52. The van der Waals surface area contributed by atoms with Crippen LogP contribution in [0.15, 0.2) is 18.2 Å². The molecule has 114 valence electrons. The van der Waals surface area contributed by atoms with Crippen LogP contribution in [-0.4, -0.2) is 55.8 Å². The smallest absolute Gasteiger partial charge is 0.138 e. The van der Waals surface area contributed by atoms with E-state index in [1.165, 1.54) is 7.11 Å². The van der Waals surface area contributed by atoms with Crippen molar-refractivity contribution < 1.29 is 19.7 Å². The van der Waals surface area contributed by atoms with E-state index in [4.69, 9.17) is 32.7 Å². The van der Waals surface area contributed by atoms with Crippen LogP contribution in [0.4, 0.5) is 0 Å². The van der Waals surface area contributed by atoms with Crippen LogP contribution >= 0.6 is 23.2 Å². The number of hydrogen-bond acceptors (Lipinski definition) is 5. The van der Waals surface area contributed by atoms with Crippen LogP contribution in [-0.2, 0) is 4.74 Å². The number of rotatable bonds is 9. The lowest BCUT2D eigenvalue weighted by Gasteiger charge is -2.15. The summed E-state index contributed by atoms with van der Waals surface area (Å²) in [5, 5.41) is 23.0. The molecule has 0 radical (unpaired) electrons. The molecule has 0 saturated carbocycles. The Kier molecular flexibility index (Phi) is 8.21. The molecule has 1 aromatic carbocycles. The molecule has 0 saturated heterocycles. The molecule has 0 aromatic heterocycles. The Hall–Kier alpha value is -0.560. The maximum Gasteiger partial charge on any atom is 0.138 e. The van der Waals surface area contributed by atoms with Gasteiger partial charge in [0.05, 0.1) is 17.7 Å². The molecule has 2 atom stereocenters. The lowest BCUT2D eigenvalue weighted by molar-refractivity contribution is 0.0582. The minimum absolute atomic E-state index is 0.0920. The first kappa shape index (κ1) is 17.5. The van der Waals surface area contributed by atoms with Crippen molar-refractivity contribution in [3.8, 4) is 5.75 Å². The van der Waals surface area contributed by atoms with Gasteiger partial charge in [-0.2, -0.15) is 0 Å². The normalized spacial score (nSPS) is 14.1. The SMILES string of the molecule is COCC(O)CNCC(O)COc1ccc(Cl)cc1Cl. The number of nitrogens with one attached hydrogen (secondary N) is 1. The number of benzene rings is 1. The van der Waals surface area contributed by atoms with Crippen LogP contribution in [0.1, 0.15) is 0 Å². The van der Waals surface area contributed by atoms with E-state index >= 15 is 0 Å². The van der Waals surface area contributed by atoms with Gasteiger partial charge in [0, 0.05) is 25.2 Å². The molecule has 0 fully saturated rings. The van der Waals surface area contributed by atoms with Crippen LogP contribution < -0.4 is 10.1 Å². The summed E-state index contributed by atoms with van der Waals surface area (Å²) >= 11 is 11.7. The van der Waals surface area contributed by atoms with Gasteiger partial charge in [-0.25, -0.2) is 0 Å². The van der Waals surface area contributed by atoms with Crippen LogP contribution in [0.2, 0.25) is 10.0 Å². The summed E-state index contributed by atoms with van der Waals surface area (Å²) in [6.07, 6.45) is -1.31. The van der Waals surface area contributed by atoms with Crippen LogP contribution in [0.25, 0.3) is 0 Å². The number of halogens is 2. The van der Waals surface area contributed by atoms with Crippen molar-refractivity contribution in [2.75, 3.05) is 33.4 Å². The number of aliphatic hydroxyl groups excluding tert-OH is 2. The number of aliphatic hydroxyl groups is 2. The van der Waals surface area contributed by atoms with Gasteiger partial charge >= 0.3 is 0 Å². The van der Waals surface area contributed by atoms with Crippen molar-refractivity contribution in [1.29, 1.82) is 0 Å². The third-order valence-corrected chi connectivity index (χ3v) is 2.97. The summed E-state index contributed by atoms with van der Waals surface area (Å²) in [5.41, 5.74) is 0. The molecule has 0 heterocycles. The zero-order valence-corrected chi connectivity index (χ0v) is 12.7. The minimum atomic E-state index is -0.712. The summed E-state index contributed by atoms with van der Waals surface area (Å²) in [6.45, 7) is 0.979. The van der Waals surface area contributed by atoms with E-state index in [0.29, 0.717) is 28.9 Å². The highest BCUT2D eigenvalue weighted by molar-refractivity contribution is 6.35. The average molecular weight is 324 g/mol. The molecule has 20 heavy (non-hydrogen) atoms. The topological polar surface area (TPSA) is 71.0 Å². The summed E-state index contributed by atoms with van der Waals surface area (Å²) < 4.78 is 10.2. The third kappa shape index (κ3) is 6.74. The second kappa shape index (κ2) is 9.39. The molecule has 3 N–H and O–H groups in total. The monoisotopic (exact) mass is 323 g/mol. The van der Waals surface area contributed by atoms with Gasteiger partial charge in [0.25, 0.3) is 0 Å². The molecule has 5 nitrogen and oxygen atoms in total. The van der Waals surface area contributed by atoms with Crippen molar-refractivity contribution in [1.82, 2.24) is 5.32 Å². The van der Waals surface area contributed by atoms with Gasteiger partial charge in [0.1, 0.15) is 18.5 Å². The number of hydrogen-bond donors (Lipinski definition) is 3. The molecule has 0 aliphatic rings. The Labute approximate surface area is 128 Å². The second-order valence-electron chi connectivity index (χ2n) is 4.31. The van der Waals surface area contributed by atoms with E-state index in [0.717, 1.165) is 0 Å². The highest BCUT2D eigenvalue weighted by atomic mass is 35.5. The van der Waals surface area contributed by atoms with Gasteiger partial charge in [-0.05, 0) is 18.2 Å². The van der Waals surface area contributed by atoms with E-state index in [1.54, 1.807) is 18.2 Å². The summed E-state index contributed by atoms with van der Waals surface area (Å²) in [6, 6.07) is 4.88. The fourth-order valence-electron chi connectivity index (χ4n) is 1.51. The van der Waals surface area contributed by atoms with E-state index in [-0.39, 0.29) is 13.2 Å². The molecule has 0 amide bonds. The standard InChI is InChI=1S/C13H19Cl2NO4/c1-19-7-10(17)5-16-6-11(18)8-20-13-3-2-9(14)4-12(13)15/h2-4,10-11,16-18H,5-8H2,1H3. The first-order valence-corrected chi connectivity index (χ1v) is 6.92. The number of ether oxygens (including phenoxy) is 2. The fraction of sp³-hybridized carbons (Fsp3) is 0.538. The largest absolute Gasteiger partial charge is 0.489 e. The van der Waals surface area contributed by atoms with Crippen LogP contribution in [0, 0.1) is 0 Å². The van der Waals surface area contributed by atoms with Gasteiger partial charge in [-0.1, -0.05) is 23.2 Å². The molecule has 1 aromatic rings. The van der Waals surface area contributed by atoms with Crippen molar-refractivity contribution in [3.63, 3.8) is 0 Å². The Morgan fingerprint density at radius 3 is 2.40 bits per heavy atom. The van der Waals surface area contributed by atoms with Gasteiger partial charge < -0.3 is 25.0 Å². The molecule has 2 unspecified atom stereocenters. The minimum Gasteiger partial charge on any atom is -0.489 e. The first-order chi connectivity index (χ1) is 9.52. The predicted molar refractivity (Wildman–Crippen MR) is 78.7 cm³/mol. The molecule has 0 aliphatic carbocycles. The zero-order valence-electron chi connectivity index (χ0n) is 11.2. The van der Waals surface area contributed by atoms with Crippen molar-refractivity contribution in [2.45, 2.75) is 12.2 Å². The van der Waals surface area contributed by atoms with Gasteiger partial charge in [0.15, 0.2) is 0 Å². The lowest BCUT2D eigenvalue weighted by atomic mass is 10.3. The quantitative estimate of drug-likeness (QED) is 0.639. The highest BCUT2D eigenvalue weighted by Crippen LogP contribution is 2.27. The molecule has 0 bridgehead atoms. The van der Waals surface area contributed by atoms with E-state index < -0.39 is 12.2 Å². The first-order valence-electron chi connectivity index (χ1n) is 6.16. The van der Waals surface area contributed by atoms with Gasteiger partial charge in [-0.3, -0.25) is 0 Å². The van der Waals surface area contributed by atoms with Crippen LogP contribution in [0.5, 0.6) is 5.75 Å². The summed E-state index contributed by atoms with van der Waals surface area (Å²) in [5.74, 6) is 0.467. The fourth-order valence-corrected chi connectivity index (χ4v) is 1.97. The highest BCUT2D eigenvalue weighted by Gasteiger charge is 2.09. The Balaban J connectivity index is 2.24. The van der Waals surface area contributed by atoms with Gasteiger partial charge in [0.2, 0.25) is 0 Å². The lowest BCUT2D eigenvalue weighted by Crippen LogP contribution is -2.37. The number of methoxy groups -OCH3 is 1. The Bertz CT molecular complexity index is 406. The Morgan fingerprint density at radius 1 is 1.15 bits per heavy atom.